The number of furan rings is 2. The number of nitrogens with one attached hydrogen (secondary N) is 1. The summed E-state index contributed by atoms with van der Waals surface area (Å²) in [7, 11) is 0. The van der Waals surface area contributed by atoms with Crippen molar-refractivity contribution in [2.24, 2.45) is 0 Å². The van der Waals surface area contributed by atoms with Crippen molar-refractivity contribution in [1.29, 1.82) is 0 Å². The Morgan fingerprint density at radius 2 is 1.75 bits per heavy atom. The summed E-state index contributed by atoms with van der Waals surface area (Å²) < 4.78 is 19.2. The highest BCUT2D eigenvalue weighted by atomic mass is 32.1. The highest BCUT2D eigenvalue weighted by molar-refractivity contribution is 7.00. The normalized spacial score (nSPS) is 11.2. The fraction of sp³-hybridized carbons (Fsp3) is 0.118. The van der Waals surface area contributed by atoms with Gasteiger partial charge in [-0.1, -0.05) is 0 Å². The Morgan fingerprint density at radius 1 is 1.04 bits per heavy atom. The number of carbonyl (C=O) groups excluding carboxylic acids is 1. The van der Waals surface area contributed by atoms with E-state index >= 15 is 0 Å². The molecular formula is C17H13N3O3S. The molecule has 0 bridgehead atoms. The summed E-state index contributed by atoms with van der Waals surface area (Å²) >= 11 is 1.13. The molecule has 0 radical (unpaired) electrons. The van der Waals surface area contributed by atoms with Crippen LogP contribution in [0.5, 0.6) is 0 Å². The summed E-state index contributed by atoms with van der Waals surface area (Å²) in [5, 5.41) is 2.93. The first-order chi connectivity index (χ1) is 11.8. The van der Waals surface area contributed by atoms with Crippen molar-refractivity contribution in [1.82, 2.24) is 14.1 Å². The van der Waals surface area contributed by atoms with Gasteiger partial charge in [0, 0.05) is 12.1 Å². The number of amides is 1. The molecule has 1 amide bonds. The molecule has 0 fully saturated rings. The van der Waals surface area contributed by atoms with E-state index in [0.717, 1.165) is 34.3 Å². The third-order valence-corrected chi connectivity index (χ3v) is 4.31. The molecule has 1 aromatic carbocycles. The minimum Gasteiger partial charge on any atom is -0.469 e. The zero-order valence-corrected chi connectivity index (χ0v) is 13.3. The molecule has 0 aliphatic rings. The molecule has 0 saturated heterocycles. The van der Waals surface area contributed by atoms with Gasteiger partial charge in [0.1, 0.15) is 22.6 Å². The first-order valence-electron chi connectivity index (χ1n) is 7.38. The fourth-order valence-corrected chi connectivity index (χ4v) is 3.06. The van der Waals surface area contributed by atoms with E-state index in [1.165, 1.54) is 0 Å². The zero-order valence-electron chi connectivity index (χ0n) is 12.5. The van der Waals surface area contributed by atoms with Gasteiger partial charge in [-0.05, 0) is 42.5 Å². The van der Waals surface area contributed by atoms with Crippen molar-refractivity contribution in [2.45, 2.75) is 5.92 Å². The van der Waals surface area contributed by atoms with Gasteiger partial charge in [0.05, 0.1) is 30.2 Å². The average Bonchev–Trinajstić information content (AvgIpc) is 3.36. The van der Waals surface area contributed by atoms with Gasteiger partial charge < -0.3 is 14.2 Å². The minimum absolute atomic E-state index is 0.173. The number of hydrogen-bond donors (Lipinski definition) is 1. The molecule has 0 atom stereocenters. The summed E-state index contributed by atoms with van der Waals surface area (Å²) in [4.78, 5) is 12.4. The molecule has 7 heteroatoms. The van der Waals surface area contributed by atoms with Crippen LogP contribution in [0.15, 0.2) is 63.8 Å². The Morgan fingerprint density at radius 3 is 2.42 bits per heavy atom. The van der Waals surface area contributed by atoms with Gasteiger partial charge in [-0.2, -0.15) is 8.75 Å². The number of aromatic nitrogens is 2. The molecule has 0 aliphatic carbocycles. The maximum atomic E-state index is 12.4. The lowest BCUT2D eigenvalue weighted by molar-refractivity contribution is 0.0951. The van der Waals surface area contributed by atoms with Gasteiger partial charge in [0.2, 0.25) is 0 Å². The van der Waals surface area contributed by atoms with Crippen molar-refractivity contribution >= 4 is 28.7 Å². The number of nitrogens with zero attached hydrogens (tertiary/aromatic N) is 2. The van der Waals surface area contributed by atoms with Crippen molar-refractivity contribution in [3.63, 3.8) is 0 Å². The van der Waals surface area contributed by atoms with Crippen molar-refractivity contribution in [3.8, 4) is 0 Å². The molecule has 6 nitrogen and oxygen atoms in total. The monoisotopic (exact) mass is 339 g/mol. The average molecular weight is 339 g/mol. The minimum atomic E-state index is -0.177. The van der Waals surface area contributed by atoms with E-state index in [0.29, 0.717) is 12.1 Å². The second-order valence-electron chi connectivity index (χ2n) is 5.26. The molecule has 0 unspecified atom stereocenters. The van der Waals surface area contributed by atoms with E-state index in [9.17, 15) is 4.79 Å². The summed E-state index contributed by atoms with van der Waals surface area (Å²) in [6.45, 7) is 0.368. The first-order valence-corrected chi connectivity index (χ1v) is 8.11. The Bertz CT molecular complexity index is 910. The lowest BCUT2D eigenvalue weighted by Gasteiger charge is -2.13. The Balaban J connectivity index is 1.52. The molecule has 4 rings (SSSR count). The van der Waals surface area contributed by atoms with Crippen LogP contribution in [-0.4, -0.2) is 21.2 Å². The Kier molecular flexibility index (Phi) is 3.84. The van der Waals surface area contributed by atoms with Crippen LogP contribution in [0.2, 0.25) is 0 Å². The number of benzene rings is 1. The van der Waals surface area contributed by atoms with Crippen LogP contribution < -0.4 is 5.32 Å². The summed E-state index contributed by atoms with van der Waals surface area (Å²) in [6, 6.07) is 12.6. The second-order valence-corrected chi connectivity index (χ2v) is 5.79. The smallest absolute Gasteiger partial charge is 0.251 e. The largest absolute Gasteiger partial charge is 0.469 e. The van der Waals surface area contributed by atoms with Crippen molar-refractivity contribution < 1.29 is 13.6 Å². The SMILES string of the molecule is O=C(NCC(c1ccco1)c1ccco1)c1ccc2nsnc2c1. The molecule has 0 saturated carbocycles. The van der Waals surface area contributed by atoms with Gasteiger partial charge in [-0.25, -0.2) is 0 Å². The van der Waals surface area contributed by atoms with Gasteiger partial charge in [-0.3, -0.25) is 4.79 Å². The van der Waals surface area contributed by atoms with Gasteiger partial charge in [0.25, 0.3) is 5.91 Å². The number of carbonyl (C=O) groups is 1. The first kappa shape index (κ1) is 14.6. The Hall–Kier alpha value is -2.93. The van der Waals surface area contributed by atoms with Crippen LogP contribution in [-0.2, 0) is 0 Å². The van der Waals surface area contributed by atoms with Crippen molar-refractivity contribution in [3.05, 3.63) is 72.1 Å². The second kappa shape index (κ2) is 6.29. The topological polar surface area (TPSA) is 81.2 Å². The van der Waals surface area contributed by atoms with E-state index in [1.54, 1.807) is 30.7 Å². The van der Waals surface area contributed by atoms with Crippen LogP contribution in [0.1, 0.15) is 27.8 Å². The van der Waals surface area contributed by atoms with Crippen LogP contribution in [0.25, 0.3) is 11.0 Å². The Labute approximate surface area is 141 Å². The molecular weight excluding hydrogens is 326 g/mol. The van der Waals surface area contributed by atoms with Gasteiger partial charge in [-0.15, -0.1) is 0 Å². The van der Waals surface area contributed by atoms with E-state index < -0.39 is 0 Å². The molecule has 0 spiro atoms. The van der Waals surface area contributed by atoms with E-state index in [2.05, 4.69) is 14.1 Å². The molecule has 3 heterocycles. The molecule has 0 aliphatic heterocycles. The number of hydrogen-bond acceptors (Lipinski definition) is 6. The predicted molar refractivity (Wildman–Crippen MR) is 89.0 cm³/mol. The molecule has 120 valence electrons. The third-order valence-electron chi connectivity index (χ3n) is 3.76. The lowest BCUT2D eigenvalue weighted by atomic mass is 10.0. The number of rotatable bonds is 5. The van der Waals surface area contributed by atoms with Gasteiger partial charge in [0.15, 0.2) is 0 Å². The van der Waals surface area contributed by atoms with E-state index in [4.69, 9.17) is 8.83 Å². The predicted octanol–water partition coefficient (Wildman–Crippen LogP) is 3.44. The van der Waals surface area contributed by atoms with Gasteiger partial charge >= 0.3 is 0 Å². The number of fused-ring (bicyclic) bond motifs is 1. The highest BCUT2D eigenvalue weighted by Crippen LogP contribution is 2.25. The van der Waals surface area contributed by atoms with Crippen LogP contribution >= 0.6 is 11.7 Å². The van der Waals surface area contributed by atoms with E-state index in [1.807, 2.05) is 24.3 Å². The maximum Gasteiger partial charge on any atom is 0.251 e. The van der Waals surface area contributed by atoms with Crippen molar-refractivity contribution in [2.75, 3.05) is 6.54 Å². The quantitative estimate of drug-likeness (QED) is 0.602. The maximum absolute atomic E-state index is 12.4. The van der Waals surface area contributed by atoms with Crippen LogP contribution in [0.3, 0.4) is 0 Å². The van der Waals surface area contributed by atoms with Crippen LogP contribution in [0, 0.1) is 0 Å². The molecule has 3 aromatic heterocycles. The standard InChI is InChI=1S/C17H13N3O3S/c21-17(11-5-6-13-14(9-11)20-24-19-13)18-10-12(15-3-1-7-22-15)16-4-2-8-23-16/h1-9,12H,10H2,(H,18,21). The van der Waals surface area contributed by atoms with E-state index in [-0.39, 0.29) is 11.8 Å². The lowest BCUT2D eigenvalue weighted by Crippen LogP contribution is -2.28. The highest BCUT2D eigenvalue weighted by Gasteiger charge is 2.21. The van der Waals surface area contributed by atoms with Crippen LogP contribution in [0.4, 0.5) is 0 Å². The molecule has 4 aromatic rings. The molecule has 24 heavy (non-hydrogen) atoms. The summed E-state index contributed by atoms with van der Waals surface area (Å²) in [6.07, 6.45) is 3.21. The zero-order chi connectivity index (χ0) is 16.4. The third kappa shape index (κ3) is 2.81. The molecule has 1 N–H and O–H groups in total. The summed E-state index contributed by atoms with van der Waals surface area (Å²) in [5.74, 6) is 1.13. The fourth-order valence-electron chi connectivity index (χ4n) is 2.54. The summed E-state index contributed by atoms with van der Waals surface area (Å²) in [5.41, 5.74) is 2.06.